The van der Waals surface area contributed by atoms with Gasteiger partial charge in [0.05, 0.1) is 0 Å². The third kappa shape index (κ3) is 5.98. The highest BCUT2D eigenvalue weighted by molar-refractivity contribution is 6.85. The van der Waals surface area contributed by atoms with E-state index in [0.717, 1.165) is 5.88 Å². The van der Waals surface area contributed by atoms with Crippen molar-refractivity contribution in [2.24, 2.45) is 0 Å². The summed E-state index contributed by atoms with van der Waals surface area (Å²) in [6.07, 6.45) is 7.90. The highest BCUT2D eigenvalue weighted by Gasteiger charge is 2.15. The Hall–Kier alpha value is -1.05. The molecule has 2 aromatic rings. The third-order valence-corrected chi connectivity index (χ3v) is 7.91. The smallest absolute Gasteiger partial charge is 0.103 e. The van der Waals surface area contributed by atoms with Gasteiger partial charge in [-0.05, 0) is 6.42 Å². The molecule has 0 fully saturated rings. The Labute approximate surface area is 142 Å². The van der Waals surface area contributed by atoms with E-state index in [0.29, 0.717) is 0 Å². The number of halogens is 1. The second kappa shape index (κ2) is 10.6. The number of hydrogen-bond acceptors (Lipinski definition) is 0. The van der Waals surface area contributed by atoms with Gasteiger partial charge in [-0.15, -0.1) is 11.6 Å². The summed E-state index contributed by atoms with van der Waals surface area (Å²) >= 11 is 5.72. The molecule has 2 aromatic carbocycles. The zero-order chi connectivity index (χ0) is 15.5. The van der Waals surface area contributed by atoms with Gasteiger partial charge in [-0.3, -0.25) is 0 Å². The molecule has 118 valence electrons. The van der Waals surface area contributed by atoms with Crippen LogP contribution < -0.4 is 10.4 Å². The van der Waals surface area contributed by atoms with Gasteiger partial charge in [0.2, 0.25) is 0 Å². The fourth-order valence-corrected chi connectivity index (χ4v) is 6.36. The summed E-state index contributed by atoms with van der Waals surface area (Å²) in [5, 5.41) is 3.16. The van der Waals surface area contributed by atoms with Crippen LogP contribution in [0.5, 0.6) is 0 Å². The highest BCUT2D eigenvalue weighted by Crippen LogP contribution is 2.10. The molecule has 22 heavy (non-hydrogen) atoms. The van der Waals surface area contributed by atoms with E-state index < -0.39 is 8.80 Å². The predicted molar refractivity (Wildman–Crippen MR) is 103 cm³/mol. The SMILES string of the molecule is ClCCCCCCCC[SiH](c1ccccc1)c1ccccc1. The molecular weight excluding hydrogens is 304 g/mol. The van der Waals surface area contributed by atoms with Crippen LogP contribution in [0.25, 0.3) is 0 Å². The zero-order valence-electron chi connectivity index (χ0n) is 13.4. The Bertz CT molecular complexity index is 458. The van der Waals surface area contributed by atoms with Crippen molar-refractivity contribution < 1.29 is 0 Å². The van der Waals surface area contributed by atoms with Crippen LogP contribution in [0, 0.1) is 0 Å². The van der Waals surface area contributed by atoms with Crippen LogP contribution in [0.15, 0.2) is 60.7 Å². The molecule has 0 radical (unpaired) electrons. The average Bonchev–Trinajstić information content (AvgIpc) is 2.59. The Kier molecular flexibility index (Phi) is 8.37. The van der Waals surface area contributed by atoms with Gasteiger partial charge in [-0.2, -0.15) is 0 Å². The second-order valence-corrected chi connectivity index (χ2v) is 9.37. The maximum Gasteiger partial charge on any atom is 0.103 e. The summed E-state index contributed by atoms with van der Waals surface area (Å²) in [6, 6.07) is 23.7. The van der Waals surface area contributed by atoms with E-state index in [1.54, 1.807) is 10.4 Å². The zero-order valence-corrected chi connectivity index (χ0v) is 15.3. The highest BCUT2D eigenvalue weighted by atomic mass is 35.5. The van der Waals surface area contributed by atoms with Gasteiger partial charge in [0.25, 0.3) is 0 Å². The summed E-state index contributed by atoms with van der Waals surface area (Å²) < 4.78 is 0. The monoisotopic (exact) mass is 330 g/mol. The van der Waals surface area contributed by atoms with E-state index in [-0.39, 0.29) is 0 Å². The number of benzene rings is 2. The van der Waals surface area contributed by atoms with Gasteiger partial charge < -0.3 is 0 Å². The van der Waals surface area contributed by atoms with Crippen molar-refractivity contribution in [2.75, 3.05) is 5.88 Å². The lowest BCUT2D eigenvalue weighted by molar-refractivity contribution is 0.625. The predicted octanol–water partition coefficient (Wildman–Crippen LogP) is 4.61. The van der Waals surface area contributed by atoms with Crippen LogP contribution in [0.4, 0.5) is 0 Å². The van der Waals surface area contributed by atoms with Gasteiger partial charge >= 0.3 is 0 Å². The molecule has 0 aliphatic carbocycles. The molecule has 0 aromatic heterocycles. The molecule has 2 rings (SSSR count). The van der Waals surface area contributed by atoms with Crippen molar-refractivity contribution in [1.29, 1.82) is 0 Å². The molecule has 2 heteroatoms. The van der Waals surface area contributed by atoms with Crippen LogP contribution in [0.3, 0.4) is 0 Å². The molecule has 0 nitrogen and oxygen atoms in total. The first-order chi connectivity index (χ1) is 10.9. The molecule has 0 unspecified atom stereocenters. The van der Waals surface area contributed by atoms with E-state index in [4.69, 9.17) is 11.6 Å². The summed E-state index contributed by atoms with van der Waals surface area (Å²) in [7, 11) is -1.04. The molecule has 0 saturated heterocycles. The van der Waals surface area contributed by atoms with Crippen molar-refractivity contribution in [3.8, 4) is 0 Å². The fraction of sp³-hybridized carbons (Fsp3) is 0.400. The second-order valence-electron chi connectivity index (χ2n) is 5.97. The van der Waals surface area contributed by atoms with Gasteiger partial charge in [-0.25, -0.2) is 0 Å². The van der Waals surface area contributed by atoms with Gasteiger partial charge in [0.1, 0.15) is 8.80 Å². The minimum absolute atomic E-state index is 0.816. The fourth-order valence-electron chi connectivity index (χ4n) is 3.05. The van der Waals surface area contributed by atoms with Crippen molar-refractivity contribution >= 4 is 30.8 Å². The van der Waals surface area contributed by atoms with Crippen LogP contribution in [-0.4, -0.2) is 14.7 Å². The summed E-state index contributed by atoms with van der Waals surface area (Å²) in [5.41, 5.74) is 0. The lowest BCUT2D eigenvalue weighted by Crippen LogP contribution is -2.41. The Morgan fingerprint density at radius 3 is 1.55 bits per heavy atom. The quantitative estimate of drug-likeness (QED) is 0.339. The average molecular weight is 331 g/mol. The maximum absolute atomic E-state index is 5.72. The normalized spacial score (nSPS) is 11.0. The molecule has 0 atom stereocenters. The van der Waals surface area contributed by atoms with E-state index in [9.17, 15) is 0 Å². The van der Waals surface area contributed by atoms with Crippen molar-refractivity contribution in [1.82, 2.24) is 0 Å². The summed E-state index contributed by atoms with van der Waals surface area (Å²) in [4.78, 5) is 0. The Balaban J connectivity index is 1.87. The maximum atomic E-state index is 5.72. The molecular formula is C20H27ClSi. The van der Waals surface area contributed by atoms with E-state index in [2.05, 4.69) is 60.7 Å². The molecule has 0 aliphatic rings. The Morgan fingerprint density at radius 2 is 1.05 bits per heavy atom. The van der Waals surface area contributed by atoms with Crippen LogP contribution in [0.2, 0.25) is 6.04 Å². The first-order valence-corrected chi connectivity index (χ1v) is 11.1. The molecule has 0 saturated carbocycles. The van der Waals surface area contributed by atoms with Gasteiger partial charge in [-0.1, -0.05) is 109 Å². The van der Waals surface area contributed by atoms with Crippen LogP contribution in [0.1, 0.15) is 38.5 Å². The minimum atomic E-state index is -1.04. The summed E-state index contributed by atoms with van der Waals surface area (Å²) in [6.45, 7) is 0. The molecule has 0 N–H and O–H groups in total. The van der Waals surface area contributed by atoms with Gasteiger partial charge in [0.15, 0.2) is 0 Å². The van der Waals surface area contributed by atoms with Gasteiger partial charge in [0, 0.05) is 5.88 Å². The van der Waals surface area contributed by atoms with Crippen LogP contribution in [-0.2, 0) is 0 Å². The topological polar surface area (TPSA) is 0 Å². The lowest BCUT2D eigenvalue weighted by Gasteiger charge is -2.16. The first kappa shape index (κ1) is 17.3. The van der Waals surface area contributed by atoms with E-state index in [1.165, 1.54) is 44.6 Å². The largest absolute Gasteiger partial charge is 0.127 e. The van der Waals surface area contributed by atoms with E-state index >= 15 is 0 Å². The lowest BCUT2D eigenvalue weighted by atomic mass is 10.1. The molecule has 0 heterocycles. The number of rotatable bonds is 10. The van der Waals surface area contributed by atoms with E-state index in [1.807, 2.05) is 0 Å². The molecule has 0 amide bonds. The standard InChI is InChI=1S/C20H27ClSi/c21-17-11-3-1-2-4-12-18-22(19-13-7-5-8-14-19)20-15-9-6-10-16-20/h5-10,13-16,22H,1-4,11-12,17-18H2. The Morgan fingerprint density at radius 1 is 0.591 bits per heavy atom. The summed E-state index contributed by atoms with van der Waals surface area (Å²) in [5.74, 6) is 0.816. The molecule has 0 bridgehead atoms. The molecule has 0 aliphatic heterocycles. The molecule has 0 spiro atoms. The van der Waals surface area contributed by atoms with Crippen LogP contribution >= 0.6 is 11.6 Å². The minimum Gasteiger partial charge on any atom is -0.127 e. The number of unbranched alkanes of at least 4 members (excludes halogenated alkanes) is 5. The number of alkyl halides is 1. The van der Waals surface area contributed by atoms with Crippen molar-refractivity contribution in [3.05, 3.63) is 60.7 Å². The third-order valence-electron chi connectivity index (χ3n) is 4.28. The van der Waals surface area contributed by atoms with Crippen molar-refractivity contribution in [3.63, 3.8) is 0 Å². The first-order valence-electron chi connectivity index (χ1n) is 8.57. The number of hydrogen-bond donors (Lipinski definition) is 0. The van der Waals surface area contributed by atoms with Crippen molar-refractivity contribution in [2.45, 2.75) is 44.6 Å².